The highest BCUT2D eigenvalue weighted by molar-refractivity contribution is 5.84. The zero-order chi connectivity index (χ0) is 22.7. The Bertz CT molecular complexity index is 1340. The van der Waals surface area contributed by atoms with E-state index in [0.29, 0.717) is 28.7 Å². The largest absolute Gasteiger partial charge is 0.490 e. The van der Waals surface area contributed by atoms with Gasteiger partial charge in [-0.05, 0) is 53.6 Å². The maximum absolute atomic E-state index is 14.6. The molecule has 0 amide bonds. The van der Waals surface area contributed by atoms with Gasteiger partial charge in [-0.25, -0.2) is 27.5 Å². The lowest BCUT2D eigenvalue weighted by atomic mass is 10.1. The fraction of sp³-hybridized carbons (Fsp3) is 0.120. The lowest BCUT2D eigenvalue weighted by Gasteiger charge is -2.06. The third-order valence-corrected chi connectivity index (χ3v) is 4.61. The number of aromatic nitrogens is 2. The molecular formula is C25H16F4N2O. The van der Waals surface area contributed by atoms with Crippen LogP contribution in [0.1, 0.15) is 24.5 Å². The van der Waals surface area contributed by atoms with Gasteiger partial charge in [0, 0.05) is 11.1 Å². The normalized spacial score (nSPS) is 10.7. The Hall–Kier alpha value is -3.92. The van der Waals surface area contributed by atoms with E-state index >= 15 is 0 Å². The molecule has 1 heterocycles. The highest BCUT2D eigenvalue weighted by atomic mass is 19.2. The first-order valence-electron chi connectivity index (χ1n) is 9.79. The van der Waals surface area contributed by atoms with Crippen molar-refractivity contribution in [2.45, 2.75) is 13.3 Å². The molecule has 0 aliphatic rings. The average molecular weight is 436 g/mol. The Morgan fingerprint density at radius 2 is 1.44 bits per heavy atom. The Morgan fingerprint density at radius 3 is 2.09 bits per heavy atom. The summed E-state index contributed by atoms with van der Waals surface area (Å²) in [5.41, 5.74) is 0.148. The topological polar surface area (TPSA) is 35.0 Å². The Kier molecular flexibility index (Phi) is 6.04. The van der Waals surface area contributed by atoms with Crippen LogP contribution in [0, 0.1) is 35.1 Å². The van der Waals surface area contributed by atoms with E-state index in [1.807, 2.05) is 6.92 Å². The maximum atomic E-state index is 14.6. The van der Waals surface area contributed by atoms with Crippen LogP contribution >= 0.6 is 0 Å². The van der Waals surface area contributed by atoms with Gasteiger partial charge in [0.05, 0.1) is 24.6 Å². The third-order valence-electron chi connectivity index (χ3n) is 4.61. The molecule has 0 atom stereocenters. The number of ether oxygens (including phenoxy) is 1. The zero-order valence-electron chi connectivity index (χ0n) is 16.9. The molecule has 3 nitrogen and oxygen atoms in total. The molecular weight excluding hydrogens is 420 g/mol. The lowest BCUT2D eigenvalue weighted by Crippen LogP contribution is -1.98. The summed E-state index contributed by atoms with van der Waals surface area (Å²) in [6.45, 7) is 2.48. The van der Waals surface area contributed by atoms with Crippen molar-refractivity contribution in [3.05, 3.63) is 89.3 Å². The van der Waals surface area contributed by atoms with Crippen LogP contribution in [0.4, 0.5) is 17.6 Å². The predicted molar refractivity (Wildman–Crippen MR) is 113 cm³/mol. The fourth-order valence-electron chi connectivity index (χ4n) is 3.04. The second kappa shape index (κ2) is 9.06. The molecule has 0 saturated heterocycles. The summed E-state index contributed by atoms with van der Waals surface area (Å²) in [5.74, 6) is 2.09. The zero-order valence-corrected chi connectivity index (χ0v) is 16.9. The van der Waals surface area contributed by atoms with Crippen molar-refractivity contribution in [1.29, 1.82) is 0 Å². The molecule has 3 aromatic carbocycles. The quantitative estimate of drug-likeness (QED) is 0.289. The third kappa shape index (κ3) is 4.54. The predicted octanol–water partition coefficient (Wildman–Crippen LogP) is 6.04. The molecule has 7 heteroatoms. The van der Waals surface area contributed by atoms with Gasteiger partial charge in [-0.2, -0.15) is 0 Å². The van der Waals surface area contributed by atoms with Gasteiger partial charge < -0.3 is 4.74 Å². The second-order valence-electron chi connectivity index (χ2n) is 6.98. The number of hydrogen-bond donors (Lipinski definition) is 0. The van der Waals surface area contributed by atoms with Crippen LogP contribution < -0.4 is 4.74 Å². The molecule has 32 heavy (non-hydrogen) atoms. The molecule has 0 saturated carbocycles. The number of benzene rings is 3. The summed E-state index contributed by atoms with van der Waals surface area (Å²) >= 11 is 0. The Labute approximate surface area is 181 Å². The Morgan fingerprint density at radius 1 is 0.781 bits per heavy atom. The van der Waals surface area contributed by atoms with Gasteiger partial charge in [0.15, 0.2) is 23.2 Å². The molecule has 4 aromatic rings. The summed E-state index contributed by atoms with van der Waals surface area (Å²) in [5, 5.41) is 0.915. The van der Waals surface area contributed by atoms with Crippen molar-refractivity contribution in [3.8, 4) is 29.0 Å². The number of nitrogens with zero attached hydrogens (tertiary/aromatic N) is 2. The Balaban J connectivity index is 1.61. The molecule has 0 spiro atoms. The van der Waals surface area contributed by atoms with Gasteiger partial charge in [0.1, 0.15) is 11.6 Å². The molecule has 1 aromatic heterocycles. The minimum atomic E-state index is -0.984. The van der Waals surface area contributed by atoms with E-state index in [1.165, 1.54) is 18.5 Å². The monoisotopic (exact) mass is 436 g/mol. The molecule has 0 fully saturated rings. The van der Waals surface area contributed by atoms with Gasteiger partial charge in [-0.15, -0.1) is 0 Å². The van der Waals surface area contributed by atoms with Crippen LogP contribution in [0.15, 0.2) is 54.9 Å². The first-order valence-corrected chi connectivity index (χ1v) is 9.79. The molecule has 160 valence electrons. The highest BCUT2D eigenvalue weighted by Gasteiger charge is 2.12. The number of hydrogen-bond acceptors (Lipinski definition) is 3. The van der Waals surface area contributed by atoms with Crippen molar-refractivity contribution >= 4 is 10.8 Å². The van der Waals surface area contributed by atoms with E-state index in [-0.39, 0.29) is 11.4 Å². The first kappa shape index (κ1) is 21.3. The van der Waals surface area contributed by atoms with E-state index in [9.17, 15) is 17.6 Å². The summed E-state index contributed by atoms with van der Waals surface area (Å²) in [4.78, 5) is 8.17. The number of halogens is 4. The second-order valence-corrected chi connectivity index (χ2v) is 6.98. The first-order chi connectivity index (χ1) is 15.4. The van der Waals surface area contributed by atoms with Crippen LogP contribution in [0.2, 0.25) is 0 Å². The van der Waals surface area contributed by atoms with E-state index in [0.717, 1.165) is 30.7 Å². The standard InChI is InChI=1S/C25H16F4N2O/c1-2-7-32-19-13-30-25(31-14-19)18-11-21(26)20(22(27)12-18)6-4-15-3-5-16-9-23(28)24(29)10-17(16)8-15/h3,5,8-14H,2,7H2,1H3. The van der Waals surface area contributed by atoms with Crippen LogP contribution in [0.25, 0.3) is 22.2 Å². The van der Waals surface area contributed by atoms with Crippen LogP contribution in [0.5, 0.6) is 5.75 Å². The van der Waals surface area contributed by atoms with Crippen LogP contribution in [0.3, 0.4) is 0 Å². The molecule has 0 aliphatic carbocycles. The molecule has 4 rings (SSSR count). The van der Waals surface area contributed by atoms with Crippen LogP contribution in [-0.2, 0) is 0 Å². The smallest absolute Gasteiger partial charge is 0.159 e. The minimum absolute atomic E-state index is 0.148. The summed E-state index contributed by atoms with van der Waals surface area (Å²) in [6, 6.07) is 8.97. The van der Waals surface area contributed by atoms with Gasteiger partial charge in [-0.3, -0.25) is 0 Å². The number of rotatable bonds is 4. The van der Waals surface area contributed by atoms with Gasteiger partial charge in [0.2, 0.25) is 0 Å². The lowest BCUT2D eigenvalue weighted by molar-refractivity contribution is 0.315. The SMILES string of the molecule is CCCOc1cnc(-c2cc(F)c(C#Cc3ccc4cc(F)c(F)cc4c3)c(F)c2)nc1. The van der Waals surface area contributed by atoms with Crippen LogP contribution in [-0.4, -0.2) is 16.6 Å². The van der Waals surface area contributed by atoms with Gasteiger partial charge >= 0.3 is 0 Å². The summed E-state index contributed by atoms with van der Waals surface area (Å²) < 4.78 is 61.4. The van der Waals surface area contributed by atoms with Gasteiger partial charge in [0.25, 0.3) is 0 Å². The fourth-order valence-corrected chi connectivity index (χ4v) is 3.04. The van der Waals surface area contributed by atoms with Gasteiger partial charge in [-0.1, -0.05) is 24.8 Å². The molecule has 0 aliphatic heterocycles. The van der Waals surface area contributed by atoms with Crippen molar-refractivity contribution in [2.24, 2.45) is 0 Å². The van der Waals surface area contributed by atoms with Crippen molar-refractivity contribution in [3.63, 3.8) is 0 Å². The minimum Gasteiger partial charge on any atom is -0.490 e. The molecule has 0 radical (unpaired) electrons. The highest BCUT2D eigenvalue weighted by Crippen LogP contribution is 2.23. The van der Waals surface area contributed by atoms with Crippen molar-refractivity contribution in [1.82, 2.24) is 9.97 Å². The molecule has 0 N–H and O–H groups in total. The number of fused-ring (bicyclic) bond motifs is 1. The van der Waals surface area contributed by atoms with E-state index in [1.54, 1.807) is 12.1 Å². The molecule has 0 unspecified atom stereocenters. The van der Waals surface area contributed by atoms with E-state index in [4.69, 9.17) is 4.74 Å². The maximum Gasteiger partial charge on any atom is 0.159 e. The van der Waals surface area contributed by atoms with Crippen molar-refractivity contribution < 1.29 is 22.3 Å². The van der Waals surface area contributed by atoms with Crippen molar-refractivity contribution in [2.75, 3.05) is 6.61 Å². The molecule has 0 bridgehead atoms. The van der Waals surface area contributed by atoms with E-state index < -0.39 is 28.8 Å². The summed E-state index contributed by atoms with van der Waals surface area (Å²) in [6.07, 6.45) is 3.71. The summed E-state index contributed by atoms with van der Waals surface area (Å²) in [7, 11) is 0. The average Bonchev–Trinajstić information content (AvgIpc) is 2.78. The van der Waals surface area contributed by atoms with E-state index in [2.05, 4.69) is 21.8 Å².